The van der Waals surface area contributed by atoms with Crippen molar-refractivity contribution in [1.29, 1.82) is 0 Å². The molecule has 2 aliphatic heterocycles. The molecule has 1 aromatic carbocycles. The Morgan fingerprint density at radius 2 is 1.41 bits per heavy atom. The van der Waals surface area contributed by atoms with E-state index in [0.29, 0.717) is 18.2 Å². The minimum absolute atomic E-state index is 0.538. The van der Waals surface area contributed by atoms with Crippen molar-refractivity contribution in [3.63, 3.8) is 0 Å². The highest BCUT2D eigenvalue weighted by molar-refractivity contribution is 5.16. The highest BCUT2D eigenvalue weighted by atomic mass is 16.6. The molecule has 0 amide bonds. The van der Waals surface area contributed by atoms with E-state index in [0.717, 1.165) is 13.1 Å². The van der Waals surface area contributed by atoms with Gasteiger partial charge in [0.25, 0.3) is 0 Å². The largest absolute Gasteiger partial charge is 0.366 e. The number of rotatable bonds is 15. The highest BCUT2D eigenvalue weighted by Gasteiger charge is 2.53. The molecule has 0 radical (unpaired) electrons. The first-order valence-corrected chi connectivity index (χ1v) is 11.8. The first kappa shape index (κ1) is 20.9. The molecule has 27 heavy (non-hydrogen) atoms. The molecule has 0 aromatic heterocycles. The van der Waals surface area contributed by atoms with Gasteiger partial charge < -0.3 is 4.74 Å². The number of ether oxygens (including phenoxy) is 1. The Kier molecular flexibility index (Phi) is 9.17. The van der Waals surface area contributed by atoms with Gasteiger partial charge in [-0.3, -0.25) is 4.90 Å². The smallest absolute Gasteiger partial charge is 0.101 e. The normalized spacial score (nSPS) is 24.3. The molecule has 2 saturated heterocycles. The number of hydrogen-bond donors (Lipinski definition) is 0. The molecule has 0 aliphatic carbocycles. The molecule has 0 saturated carbocycles. The van der Waals surface area contributed by atoms with Crippen molar-refractivity contribution in [2.75, 3.05) is 6.54 Å². The monoisotopic (exact) mass is 371 g/mol. The van der Waals surface area contributed by atoms with Gasteiger partial charge in [-0.2, -0.15) is 0 Å². The lowest BCUT2D eigenvalue weighted by Gasteiger charge is -2.26. The first-order valence-electron chi connectivity index (χ1n) is 11.8. The minimum atomic E-state index is 0.538. The first-order chi connectivity index (χ1) is 13.4. The van der Waals surface area contributed by atoms with Crippen molar-refractivity contribution in [1.82, 2.24) is 4.90 Å². The maximum atomic E-state index is 5.85. The number of likely N-dealkylation sites (tertiary alicyclic amines) is 1. The van der Waals surface area contributed by atoms with Gasteiger partial charge in [-0.25, -0.2) is 0 Å². The zero-order chi connectivity index (χ0) is 18.7. The Hall–Kier alpha value is -0.860. The summed E-state index contributed by atoms with van der Waals surface area (Å²) in [6.07, 6.45) is 19.6. The molecule has 0 spiro atoms. The van der Waals surface area contributed by atoms with Gasteiger partial charge in [-0.05, 0) is 12.0 Å². The number of benzene rings is 1. The summed E-state index contributed by atoms with van der Waals surface area (Å²) < 4.78 is 5.85. The predicted octanol–water partition coefficient (Wildman–Crippen LogP) is 6.73. The van der Waals surface area contributed by atoms with Crippen molar-refractivity contribution >= 4 is 0 Å². The lowest BCUT2D eigenvalue weighted by molar-refractivity contribution is 0.126. The van der Waals surface area contributed by atoms with Crippen LogP contribution in [0.2, 0.25) is 0 Å². The molecular weight excluding hydrogens is 330 g/mol. The summed E-state index contributed by atoms with van der Waals surface area (Å²) in [5.74, 6) is 0. The van der Waals surface area contributed by atoms with E-state index in [1.807, 2.05) is 0 Å². The van der Waals surface area contributed by atoms with E-state index in [-0.39, 0.29) is 0 Å². The third-order valence-corrected chi connectivity index (χ3v) is 6.47. The molecule has 0 N–H and O–H groups in total. The van der Waals surface area contributed by atoms with Crippen molar-refractivity contribution < 1.29 is 4.74 Å². The number of nitrogens with zero attached hydrogens (tertiary/aromatic N) is 1. The number of hydrogen-bond acceptors (Lipinski definition) is 2. The van der Waals surface area contributed by atoms with Crippen LogP contribution in [-0.4, -0.2) is 29.7 Å². The van der Waals surface area contributed by atoms with Crippen molar-refractivity contribution in [2.45, 2.75) is 115 Å². The maximum Gasteiger partial charge on any atom is 0.101 e. The van der Waals surface area contributed by atoms with E-state index < -0.39 is 0 Å². The van der Waals surface area contributed by atoms with Gasteiger partial charge in [-0.15, -0.1) is 0 Å². The molecule has 152 valence electrons. The molecule has 1 aromatic rings. The Morgan fingerprint density at radius 3 is 2.04 bits per heavy atom. The predicted molar refractivity (Wildman–Crippen MR) is 115 cm³/mol. The van der Waals surface area contributed by atoms with Gasteiger partial charge in [0.2, 0.25) is 0 Å². The van der Waals surface area contributed by atoms with Gasteiger partial charge in [0.15, 0.2) is 0 Å². The molecule has 2 aliphatic rings. The molecule has 3 atom stereocenters. The van der Waals surface area contributed by atoms with Crippen molar-refractivity contribution in [3.8, 4) is 0 Å². The quantitative estimate of drug-likeness (QED) is 0.251. The van der Waals surface area contributed by atoms with Crippen LogP contribution in [0.1, 0.15) is 96.0 Å². The van der Waals surface area contributed by atoms with Gasteiger partial charge in [0.05, 0.1) is 6.10 Å². The second-order valence-corrected chi connectivity index (χ2v) is 8.80. The van der Waals surface area contributed by atoms with Crippen LogP contribution in [0.25, 0.3) is 0 Å². The van der Waals surface area contributed by atoms with Gasteiger partial charge in [0.1, 0.15) is 6.10 Å². The zero-order valence-electron chi connectivity index (χ0n) is 17.6. The molecular formula is C25H41NO. The third kappa shape index (κ3) is 7.23. The molecule has 2 nitrogen and oxygen atoms in total. The third-order valence-electron chi connectivity index (χ3n) is 6.47. The summed E-state index contributed by atoms with van der Waals surface area (Å²) in [5.41, 5.74) is 1.44. The van der Waals surface area contributed by atoms with Crippen LogP contribution in [0.15, 0.2) is 30.3 Å². The van der Waals surface area contributed by atoms with Crippen molar-refractivity contribution in [2.24, 2.45) is 0 Å². The summed E-state index contributed by atoms with van der Waals surface area (Å²) >= 11 is 0. The van der Waals surface area contributed by atoms with Crippen LogP contribution in [0.4, 0.5) is 0 Å². The van der Waals surface area contributed by atoms with Crippen LogP contribution >= 0.6 is 0 Å². The Bertz CT molecular complexity index is 502. The SMILES string of the molecule is CCCCCCCCCCCCCC[C@@H]1[C@H]2O[C@H]2CN1Cc1ccccc1. The van der Waals surface area contributed by atoms with E-state index in [1.54, 1.807) is 0 Å². The average molecular weight is 372 g/mol. The molecule has 2 heterocycles. The molecule has 3 rings (SSSR count). The number of morpholine rings is 1. The van der Waals surface area contributed by atoms with Crippen molar-refractivity contribution in [3.05, 3.63) is 35.9 Å². The fourth-order valence-corrected chi connectivity index (χ4v) is 4.76. The Morgan fingerprint density at radius 1 is 0.815 bits per heavy atom. The van der Waals surface area contributed by atoms with Gasteiger partial charge in [-0.1, -0.05) is 114 Å². The maximum absolute atomic E-state index is 5.85. The van der Waals surface area contributed by atoms with Crippen LogP contribution in [0.3, 0.4) is 0 Å². The van der Waals surface area contributed by atoms with E-state index in [9.17, 15) is 0 Å². The summed E-state index contributed by atoms with van der Waals surface area (Å²) in [4.78, 5) is 2.67. The highest BCUT2D eigenvalue weighted by Crippen LogP contribution is 2.39. The second kappa shape index (κ2) is 11.9. The minimum Gasteiger partial charge on any atom is -0.366 e. The van der Waals surface area contributed by atoms with Gasteiger partial charge >= 0.3 is 0 Å². The topological polar surface area (TPSA) is 15.8 Å². The summed E-state index contributed by atoms with van der Waals surface area (Å²) in [6, 6.07) is 11.6. The fourth-order valence-electron chi connectivity index (χ4n) is 4.76. The lowest BCUT2D eigenvalue weighted by Crippen LogP contribution is -2.34. The Labute approximate surface area is 167 Å². The summed E-state index contributed by atoms with van der Waals surface area (Å²) in [6.45, 7) is 4.53. The standard InChI is InChI=1S/C25H41NO/c1-2-3-4-5-6-7-8-9-10-11-12-16-19-23-25-24(27-25)21-26(23)20-22-17-14-13-15-18-22/h13-15,17-18,23-25H,2-12,16,19-21H2,1H3/t23-,24+,25-/m1/s1. The zero-order valence-corrected chi connectivity index (χ0v) is 17.6. The van der Waals surface area contributed by atoms with Crippen LogP contribution in [0, 0.1) is 0 Å². The summed E-state index contributed by atoms with van der Waals surface area (Å²) in [7, 11) is 0. The average Bonchev–Trinajstić information content (AvgIpc) is 3.37. The molecule has 0 unspecified atom stereocenters. The molecule has 2 fully saturated rings. The Balaban J connectivity index is 1.20. The van der Waals surface area contributed by atoms with Crippen LogP contribution < -0.4 is 0 Å². The van der Waals surface area contributed by atoms with E-state index in [4.69, 9.17) is 4.74 Å². The summed E-state index contributed by atoms with van der Waals surface area (Å²) in [5, 5.41) is 0. The van der Waals surface area contributed by atoms with Crippen LogP contribution in [-0.2, 0) is 11.3 Å². The number of epoxide rings is 1. The van der Waals surface area contributed by atoms with E-state index >= 15 is 0 Å². The van der Waals surface area contributed by atoms with E-state index in [1.165, 1.54) is 89.0 Å². The number of fused-ring (bicyclic) bond motifs is 1. The van der Waals surface area contributed by atoms with E-state index in [2.05, 4.69) is 42.2 Å². The second-order valence-electron chi connectivity index (χ2n) is 8.80. The van der Waals surface area contributed by atoms with Crippen LogP contribution in [0.5, 0.6) is 0 Å². The van der Waals surface area contributed by atoms with Gasteiger partial charge in [0, 0.05) is 19.1 Å². The fraction of sp³-hybridized carbons (Fsp3) is 0.760. The molecule has 0 bridgehead atoms. The number of unbranched alkanes of at least 4 members (excludes halogenated alkanes) is 11. The lowest BCUT2D eigenvalue weighted by atomic mass is 10.0. The molecule has 2 heteroatoms.